The highest BCUT2D eigenvalue weighted by Crippen LogP contribution is 2.29. The predicted molar refractivity (Wildman–Crippen MR) is 81.3 cm³/mol. The zero-order valence-corrected chi connectivity index (χ0v) is 12.2. The molecule has 0 saturated carbocycles. The number of sulfone groups is 1. The summed E-state index contributed by atoms with van der Waals surface area (Å²) in [6.07, 6.45) is 0.560. The van der Waals surface area contributed by atoms with E-state index in [4.69, 9.17) is 5.84 Å². The molecule has 1 aliphatic heterocycles. The van der Waals surface area contributed by atoms with E-state index in [1.807, 2.05) is 30.3 Å². The number of nitrogen functional groups attached to an aromatic ring is 1. The molecule has 0 aliphatic carbocycles. The molecule has 1 atom stereocenters. The number of hydrogen-bond donors (Lipinski definition) is 2. The Balaban J connectivity index is 2.02. The number of rotatable bonds is 3. The van der Waals surface area contributed by atoms with Gasteiger partial charge in [-0.25, -0.2) is 24.2 Å². The second-order valence-electron chi connectivity index (χ2n) is 5.11. The average molecular weight is 304 g/mol. The van der Waals surface area contributed by atoms with Gasteiger partial charge in [0.05, 0.1) is 17.2 Å². The van der Waals surface area contributed by atoms with Crippen LogP contribution >= 0.6 is 0 Å². The maximum atomic E-state index is 11.6. The molecule has 3 rings (SSSR count). The first-order chi connectivity index (χ1) is 10.1. The summed E-state index contributed by atoms with van der Waals surface area (Å²) in [6.45, 7) is 0. The van der Waals surface area contributed by atoms with Crippen LogP contribution in [0.2, 0.25) is 0 Å². The Morgan fingerprint density at radius 1 is 1.19 bits per heavy atom. The molecule has 1 aromatic carbocycles. The minimum absolute atomic E-state index is 0.106. The van der Waals surface area contributed by atoms with Crippen molar-refractivity contribution in [1.82, 2.24) is 9.97 Å². The van der Waals surface area contributed by atoms with Gasteiger partial charge in [0, 0.05) is 17.5 Å². The van der Waals surface area contributed by atoms with Crippen LogP contribution in [-0.2, 0) is 9.84 Å². The predicted octanol–water partition coefficient (Wildman–Crippen LogP) is 1.33. The summed E-state index contributed by atoms with van der Waals surface area (Å²) in [6, 6.07) is 11.4. The monoisotopic (exact) mass is 304 g/mol. The fourth-order valence-electron chi connectivity index (χ4n) is 2.48. The molecule has 3 N–H and O–H groups in total. The van der Waals surface area contributed by atoms with Crippen LogP contribution in [0.3, 0.4) is 0 Å². The van der Waals surface area contributed by atoms with E-state index in [1.165, 1.54) is 0 Å². The fourth-order valence-corrected chi connectivity index (χ4v) is 4.22. The van der Waals surface area contributed by atoms with Crippen molar-refractivity contribution in [1.29, 1.82) is 0 Å². The van der Waals surface area contributed by atoms with Gasteiger partial charge in [-0.2, -0.15) is 0 Å². The Bertz CT molecular complexity index is 747. The van der Waals surface area contributed by atoms with Crippen LogP contribution in [-0.4, -0.2) is 29.9 Å². The Morgan fingerprint density at radius 3 is 2.57 bits per heavy atom. The molecule has 2 heterocycles. The molecule has 0 bridgehead atoms. The van der Waals surface area contributed by atoms with E-state index in [2.05, 4.69) is 15.4 Å². The van der Waals surface area contributed by atoms with Crippen LogP contribution < -0.4 is 11.3 Å². The number of anilines is 1. The molecule has 1 aromatic heterocycles. The van der Waals surface area contributed by atoms with Gasteiger partial charge in [0.25, 0.3) is 0 Å². The first-order valence-corrected chi connectivity index (χ1v) is 8.51. The van der Waals surface area contributed by atoms with Gasteiger partial charge in [0.2, 0.25) is 0 Å². The molecule has 0 radical (unpaired) electrons. The smallest absolute Gasteiger partial charge is 0.151 e. The number of nitrogens with one attached hydrogen (secondary N) is 1. The van der Waals surface area contributed by atoms with Crippen LogP contribution in [0, 0.1) is 0 Å². The normalized spacial score (nSPS) is 20.3. The Hall–Kier alpha value is -1.99. The molecule has 2 aromatic rings. The second-order valence-corrected chi connectivity index (χ2v) is 7.34. The van der Waals surface area contributed by atoms with Crippen molar-refractivity contribution < 1.29 is 8.42 Å². The van der Waals surface area contributed by atoms with Crippen LogP contribution in [0.4, 0.5) is 5.82 Å². The summed E-state index contributed by atoms with van der Waals surface area (Å²) >= 11 is 0. The van der Waals surface area contributed by atoms with E-state index in [9.17, 15) is 8.42 Å². The molecule has 0 spiro atoms. The van der Waals surface area contributed by atoms with Crippen molar-refractivity contribution in [2.45, 2.75) is 12.3 Å². The third-order valence-corrected chi connectivity index (χ3v) is 5.33. The number of hydrazine groups is 1. The molecular formula is C14H16N4O2S. The molecular weight excluding hydrogens is 288 g/mol. The van der Waals surface area contributed by atoms with Crippen LogP contribution in [0.1, 0.15) is 18.2 Å². The second kappa shape index (κ2) is 5.42. The summed E-state index contributed by atoms with van der Waals surface area (Å²) in [4.78, 5) is 8.84. The summed E-state index contributed by atoms with van der Waals surface area (Å²) in [7, 11) is -2.97. The van der Waals surface area contributed by atoms with Gasteiger partial charge in [-0.1, -0.05) is 30.3 Å². The Labute approximate surface area is 123 Å². The van der Waals surface area contributed by atoms with Crippen molar-refractivity contribution in [3.63, 3.8) is 0 Å². The molecule has 1 fully saturated rings. The average Bonchev–Trinajstić information content (AvgIpc) is 2.88. The third-order valence-electron chi connectivity index (χ3n) is 3.56. The lowest BCUT2D eigenvalue weighted by Crippen LogP contribution is -2.13. The maximum Gasteiger partial charge on any atom is 0.151 e. The highest BCUT2D eigenvalue weighted by molar-refractivity contribution is 7.91. The lowest BCUT2D eigenvalue weighted by molar-refractivity contribution is 0.601. The molecule has 110 valence electrons. The van der Waals surface area contributed by atoms with Crippen molar-refractivity contribution in [3.8, 4) is 11.3 Å². The number of hydrogen-bond acceptors (Lipinski definition) is 6. The molecule has 1 unspecified atom stereocenters. The van der Waals surface area contributed by atoms with E-state index in [1.54, 1.807) is 6.07 Å². The molecule has 0 amide bonds. The van der Waals surface area contributed by atoms with E-state index >= 15 is 0 Å². The zero-order chi connectivity index (χ0) is 14.9. The van der Waals surface area contributed by atoms with Gasteiger partial charge in [-0.05, 0) is 6.42 Å². The molecule has 1 saturated heterocycles. The summed E-state index contributed by atoms with van der Waals surface area (Å²) in [5.41, 5.74) is 4.20. The summed E-state index contributed by atoms with van der Waals surface area (Å²) < 4.78 is 23.3. The largest absolute Gasteiger partial charge is 0.308 e. The van der Waals surface area contributed by atoms with Crippen molar-refractivity contribution in [3.05, 3.63) is 42.2 Å². The van der Waals surface area contributed by atoms with Crippen molar-refractivity contribution >= 4 is 15.7 Å². The lowest BCUT2D eigenvalue weighted by Gasteiger charge is -2.11. The molecule has 6 nitrogen and oxygen atoms in total. The molecule has 1 aliphatic rings. The van der Waals surface area contributed by atoms with Gasteiger partial charge < -0.3 is 5.43 Å². The topological polar surface area (TPSA) is 98.0 Å². The van der Waals surface area contributed by atoms with Crippen LogP contribution in [0.5, 0.6) is 0 Å². The van der Waals surface area contributed by atoms with Gasteiger partial charge in [-0.15, -0.1) is 0 Å². The quantitative estimate of drug-likeness (QED) is 0.656. The van der Waals surface area contributed by atoms with Crippen molar-refractivity contribution in [2.75, 3.05) is 16.9 Å². The van der Waals surface area contributed by atoms with E-state index < -0.39 is 9.84 Å². The molecule has 7 heteroatoms. The van der Waals surface area contributed by atoms with E-state index in [0.29, 0.717) is 18.1 Å². The van der Waals surface area contributed by atoms with E-state index in [-0.39, 0.29) is 17.4 Å². The van der Waals surface area contributed by atoms with Gasteiger partial charge in [0.15, 0.2) is 9.84 Å². The van der Waals surface area contributed by atoms with E-state index in [0.717, 1.165) is 11.3 Å². The van der Waals surface area contributed by atoms with Crippen LogP contribution in [0.25, 0.3) is 11.3 Å². The highest BCUT2D eigenvalue weighted by Gasteiger charge is 2.31. The SMILES string of the molecule is NNc1cc(-c2ccccc2)nc(C2CCS(=O)(=O)C2)n1. The van der Waals surface area contributed by atoms with Gasteiger partial charge >= 0.3 is 0 Å². The first-order valence-electron chi connectivity index (χ1n) is 6.69. The Kier molecular flexibility index (Phi) is 3.60. The fraction of sp³-hybridized carbons (Fsp3) is 0.286. The van der Waals surface area contributed by atoms with Gasteiger partial charge in [-0.3, -0.25) is 0 Å². The maximum absolute atomic E-state index is 11.6. The first kappa shape index (κ1) is 14.0. The lowest BCUT2D eigenvalue weighted by atomic mass is 10.1. The minimum atomic E-state index is -2.97. The number of nitrogens with two attached hydrogens (primary N) is 1. The highest BCUT2D eigenvalue weighted by atomic mass is 32.2. The molecule has 21 heavy (non-hydrogen) atoms. The van der Waals surface area contributed by atoms with Crippen LogP contribution in [0.15, 0.2) is 36.4 Å². The standard InChI is InChI=1S/C14H16N4O2S/c15-18-13-8-12(10-4-2-1-3-5-10)16-14(17-13)11-6-7-21(19,20)9-11/h1-5,8,11H,6-7,9,15H2,(H,16,17,18). The zero-order valence-electron chi connectivity index (χ0n) is 11.4. The summed E-state index contributed by atoms with van der Waals surface area (Å²) in [5.74, 6) is 6.62. The Morgan fingerprint density at radius 2 is 1.95 bits per heavy atom. The summed E-state index contributed by atoms with van der Waals surface area (Å²) in [5, 5.41) is 0. The number of benzene rings is 1. The minimum Gasteiger partial charge on any atom is -0.308 e. The number of aromatic nitrogens is 2. The third kappa shape index (κ3) is 3.03. The van der Waals surface area contributed by atoms with Gasteiger partial charge in [0.1, 0.15) is 11.6 Å². The van der Waals surface area contributed by atoms with Crippen molar-refractivity contribution in [2.24, 2.45) is 5.84 Å². The number of nitrogens with zero attached hydrogens (tertiary/aromatic N) is 2.